The number of hydrogen-bond donors (Lipinski definition) is 1. The van der Waals surface area contributed by atoms with E-state index in [1.54, 1.807) is 6.20 Å². The Labute approximate surface area is 195 Å². The van der Waals surface area contributed by atoms with Gasteiger partial charge in [0.1, 0.15) is 0 Å². The summed E-state index contributed by atoms with van der Waals surface area (Å²) in [4.78, 5) is 17.3. The van der Waals surface area contributed by atoms with Gasteiger partial charge in [-0.1, -0.05) is 95.5 Å². The van der Waals surface area contributed by atoms with Gasteiger partial charge in [-0.25, -0.2) is 4.98 Å². The van der Waals surface area contributed by atoms with Gasteiger partial charge in [-0.15, -0.1) is 0 Å². The number of rotatable bonds is 6. The lowest BCUT2D eigenvalue weighted by Crippen LogP contribution is -2.15. The van der Waals surface area contributed by atoms with E-state index in [4.69, 9.17) is 34.8 Å². The maximum atomic E-state index is 6.07. The molecule has 0 aliphatic carbocycles. The average molecular weight is 471 g/mol. The standard InChI is InChI=1S/C23H18Cl3N5/c24-23(25,26)21-29-20(19-10-8-18(9-11-19)17-6-2-1-3-7-17)30-22(31-21)28-14-12-16-5-4-13-27-15-16/h1-11,13,15H,12,14H2,(H,28,29,30,31). The predicted molar refractivity (Wildman–Crippen MR) is 126 cm³/mol. The van der Waals surface area contributed by atoms with Crippen LogP contribution < -0.4 is 5.32 Å². The Hall–Kier alpha value is -2.73. The maximum Gasteiger partial charge on any atom is 0.250 e. The largest absolute Gasteiger partial charge is 0.354 e. The zero-order valence-corrected chi connectivity index (χ0v) is 18.6. The Balaban J connectivity index is 1.58. The predicted octanol–water partition coefficient (Wildman–Crippen LogP) is 6.08. The van der Waals surface area contributed by atoms with Crippen LogP contribution in [0, 0.1) is 0 Å². The number of pyridine rings is 1. The number of nitrogens with one attached hydrogen (secondary N) is 1. The number of aromatic nitrogens is 4. The molecule has 2 aromatic heterocycles. The molecule has 156 valence electrons. The van der Waals surface area contributed by atoms with Crippen molar-refractivity contribution in [3.8, 4) is 22.5 Å². The minimum absolute atomic E-state index is 0.0681. The minimum Gasteiger partial charge on any atom is -0.354 e. The first-order valence-electron chi connectivity index (χ1n) is 9.61. The third-order valence-corrected chi connectivity index (χ3v) is 5.07. The summed E-state index contributed by atoms with van der Waals surface area (Å²) in [6, 6.07) is 21.9. The molecule has 4 aromatic rings. The van der Waals surface area contributed by atoms with Crippen LogP contribution in [0.5, 0.6) is 0 Å². The molecule has 1 N–H and O–H groups in total. The molecule has 0 spiro atoms. The summed E-state index contributed by atoms with van der Waals surface area (Å²) in [5.74, 6) is 0.848. The van der Waals surface area contributed by atoms with Crippen molar-refractivity contribution in [2.75, 3.05) is 11.9 Å². The highest BCUT2D eigenvalue weighted by Gasteiger charge is 2.28. The van der Waals surface area contributed by atoms with E-state index in [1.165, 1.54) is 0 Å². The topological polar surface area (TPSA) is 63.6 Å². The van der Waals surface area contributed by atoms with E-state index in [2.05, 4.69) is 37.4 Å². The molecular weight excluding hydrogens is 453 g/mol. The van der Waals surface area contributed by atoms with Gasteiger partial charge in [0.15, 0.2) is 11.6 Å². The molecule has 4 rings (SSSR count). The zero-order valence-electron chi connectivity index (χ0n) is 16.3. The molecular formula is C23H18Cl3N5. The van der Waals surface area contributed by atoms with Crippen molar-refractivity contribution in [2.24, 2.45) is 0 Å². The number of alkyl halides is 3. The van der Waals surface area contributed by atoms with Gasteiger partial charge in [0, 0.05) is 24.5 Å². The van der Waals surface area contributed by atoms with Crippen molar-refractivity contribution in [3.05, 3.63) is 90.5 Å². The number of halogens is 3. The van der Waals surface area contributed by atoms with Gasteiger partial charge >= 0.3 is 0 Å². The number of hydrogen-bond acceptors (Lipinski definition) is 5. The number of anilines is 1. The Bertz CT molecular complexity index is 1130. The third kappa shape index (κ3) is 5.70. The van der Waals surface area contributed by atoms with Crippen molar-refractivity contribution in [3.63, 3.8) is 0 Å². The van der Waals surface area contributed by atoms with Gasteiger partial charge in [-0.05, 0) is 29.2 Å². The summed E-state index contributed by atoms with van der Waals surface area (Å²) in [5, 5.41) is 3.19. The summed E-state index contributed by atoms with van der Waals surface area (Å²) >= 11 is 18.2. The highest BCUT2D eigenvalue weighted by molar-refractivity contribution is 6.66. The van der Waals surface area contributed by atoms with Crippen molar-refractivity contribution in [1.29, 1.82) is 0 Å². The van der Waals surface area contributed by atoms with Crippen molar-refractivity contribution >= 4 is 40.8 Å². The Kier molecular flexibility index (Phi) is 6.66. The van der Waals surface area contributed by atoms with Crippen LogP contribution >= 0.6 is 34.8 Å². The van der Waals surface area contributed by atoms with Crippen LogP contribution in [-0.4, -0.2) is 26.5 Å². The SMILES string of the molecule is ClC(Cl)(Cl)c1nc(NCCc2cccnc2)nc(-c2ccc(-c3ccccc3)cc2)n1. The Morgan fingerprint density at radius 3 is 2.13 bits per heavy atom. The zero-order chi connectivity index (χ0) is 21.7. The van der Waals surface area contributed by atoms with E-state index < -0.39 is 3.79 Å². The summed E-state index contributed by atoms with van der Waals surface area (Å²) in [5.41, 5.74) is 4.12. The van der Waals surface area contributed by atoms with Gasteiger partial charge in [0.05, 0.1) is 0 Å². The lowest BCUT2D eigenvalue weighted by atomic mass is 10.0. The van der Waals surface area contributed by atoms with Gasteiger partial charge in [-0.2, -0.15) is 9.97 Å². The number of benzene rings is 2. The lowest BCUT2D eigenvalue weighted by Gasteiger charge is -2.13. The number of nitrogens with zero attached hydrogens (tertiary/aromatic N) is 4. The first-order chi connectivity index (χ1) is 15.0. The normalized spacial score (nSPS) is 11.3. The molecule has 5 nitrogen and oxygen atoms in total. The van der Waals surface area contributed by atoms with E-state index in [0.29, 0.717) is 18.3 Å². The van der Waals surface area contributed by atoms with Gasteiger partial charge in [0.2, 0.25) is 9.74 Å². The molecule has 8 heteroatoms. The molecule has 2 heterocycles. The van der Waals surface area contributed by atoms with Crippen LogP contribution in [0.3, 0.4) is 0 Å². The molecule has 0 radical (unpaired) electrons. The molecule has 0 aliphatic heterocycles. The highest BCUT2D eigenvalue weighted by Crippen LogP contribution is 2.37. The molecule has 0 aliphatic rings. The van der Waals surface area contributed by atoms with Gasteiger partial charge in [-0.3, -0.25) is 4.98 Å². The van der Waals surface area contributed by atoms with E-state index in [1.807, 2.05) is 60.8 Å². The minimum atomic E-state index is -1.76. The van der Waals surface area contributed by atoms with Crippen LogP contribution in [0.1, 0.15) is 11.4 Å². The van der Waals surface area contributed by atoms with Crippen LogP contribution in [0.2, 0.25) is 0 Å². The summed E-state index contributed by atoms with van der Waals surface area (Å²) < 4.78 is -1.76. The molecule has 0 saturated heterocycles. The fourth-order valence-electron chi connectivity index (χ4n) is 3.02. The first-order valence-corrected chi connectivity index (χ1v) is 10.7. The molecule has 0 bridgehead atoms. The molecule has 31 heavy (non-hydrogen) atoms. The van der Waals surface area contributed by atoms with Crippen LogP contribution in [0.4, 0.5) is 5.95 Å². The molecule has 0 amide bonds. The molecule has 0 fully saturated rings. The molecule has 0 unspecified atom stereocenters. The fourth-order valence-corrected chi connectivity index (χ4v) is 3.27. The quantitative estimate of drug-likeness (QED) is 0.346. The lowest BCUT2D eigenvalue weighted by molar-refractivity contribution is 0.902. The van der Waals surface area contributed by atoms with E-state index in [0.717, 1.165) is 28.7 Å². The van der Waals surface area contributed by atoms with Crippen LogP contribution in [0.25, 0.3) is 22.5 Å². The second-order valence-electron chi connectivity index (χ2n) is 6.79. The van der Waals surface area contributed by atoms with Crippen molar-refractivity contribution in [1.82, 2.24) is 19.9 Å². The smallest absolute Gasteiger partial charge is 0.250 e. The summed E-state index contributed by atoms with van der Waals surface area (Å²) in [7, 11) is 0. The first kappa shape index (κ1) is 21.5. The van der Waals surface area contributed by atoms with E-state index in [9.17, 15) is 0 Å². The maximum absolute atomic E-state index is 6.07. The van der Waals surface area contributed by atoms with Crippen LogP contribution in [-0.2, 0) is 10.2 Å². The molecule has 0 saturated carbocycles. The molecule has 0 atom stereocenters. The average Bonchev–Trinajstić information content (AvgIpc) is 2.80. The summed E-state index contributed by atoms with van der Waals surface area (Å²) in [6.45, 7) is 0.599. The van der Waals surface area contributed by atoms with Crippen molar-refractivity contribution in [2.45, 2.75) is 10.2 Å². The van der Waals surface area contributed by atoms with E-state index >= 15 is 0 Å². The monoisotopic (exact) mass is 469 g/mol. The van der Waals surface area contributed by atoms with Gasteiger partial charge in [0.25, 0.3) is 0 Å². The second kappa shape index (κ2) is 9.60. The van der Waals surface area contributed by atoms with Gasteiger partial charge < -0.3 is 5.32 Å². The Morgan fingerprint density at radius 2 is 1.45 bits per heavy atom. The molecule has 2 aromatic carbocycles. The second-order valence-corrected chi connectivity index (χ2v) is 9.07. The van der Waals surface area contributed by atoms with Crippen molar-refractivity contribution < 1.29 is 0 Å². The Morgan fingerprint density at radius 1 is 0.742 bits per heavy atom. The van der Waals surface area contributed by atoms with E-state index in [-0.39, 0.29) is 5.82 Å². The third-order valence-electron chi connectivity index (χ3n) is 4.56. The fraction of sp³-hybridized carbons (Fsp3) is 0.130. The van der Waals surface area contributed by atoms with Crippen LogP contribution in [0.15, 0.2) is 79.1 Å². The highest BCUT2D eigenvalue weighted by atomic mass is 35.6. The summed E-state index contributed by atoms with van der Waals surface area (Å²) in [6.07, 6.45) is 4.32.